The van der Waals surface area contributed by atoms with E-state index in [0.29, 0.717) is 22.5 Å². The summed E-state index contributed by atoms with van der Waals surface area (Å²) in [7, 11) is 0. The summed E-state index contributed by atoms with van der Waals surface area (Å²) in [5.41, 5.74) is 7.77. The van der Waals surface area contributed by atoms with E-state index < -0.39 is 5.91 Å². The van der Waals surface area contributed by atoms with E-state index in [0.717, 1.165) is 0 Å². The number of hydrogen-bond donors (Lipinski definition) is 1. The molecule has 0 aliphatic heterocycles. The first kappa shape index (κ1) is 12.3. The Bertz CT molecular complexity index is 797. The molecule has 6 heteroatoms. The molecule has 3 aromatic rings. The van der Waals surface area contributed by atoms with Crippen LogP contribution in [0.15, 0.2) is 42.7 Å². The lowest BCUT2D eigenvalue weighted by atomic mass is 10.1. The lowest BCUT2D eigenvalue weighted by molar-refractivity contribution is -0.117. The highest BCUT2D eigenvalue weighted by atomic mass is 19.1. The predicted octanol–water partition coefficient (Wildman–Crippen LogP) is 1.56. The summed E-state index contributed by atoms with van der Waals surface area (Å²) in [6, 6.07) is 7.95. The van der Waals surface area contributed by atoms with Gasteiger partial charge in [0.2, 0.25) is 5.91 Å². The van der Waals surface area contributed by atoms with Gasteiger partial charge in [-0.05, 0) is 18.2 Å². The summed E-state index contributed by atoms with van der Waals surface area (Å²) in [6.07, 6.45) is 3.22. The monoisotopic (exact) mass is 270 g/mol. The highest BCUT2D eigenvalue weighted by molar-refractivity contribution is 5.79. The van der Waals surface area contributed by atoms with Gasteiger partial charge < -0.3 is 5.73 Å². The van der Waals surface area contributed by atoms with Crippen molar-refractivity contribution in [2.24, 2.45) is 5.73 Å². The first-order valence-corrected chi connectivity index (χ1v) is 6.01. The van der Waals surface area contributed by atoms with Crippen LogP contribution in [-0.2, 0) is 11.2 Å². The SMILES string of the molecule is NC(=O)Cc1cnn2c(-c3cccc(F)c3)ccnc12. The summed E-state index contributed by atoms with van der Waals surface area (Å²) in [6.45, 7) is 0. The highest BCUT2D eigenvalue weighted by Gasteiger charge is 2.11. The minimum absolute atomic E-state index is 0.0725. The Hall–Kier alpha value is -2.76. The number of hydrogen-bond acceptors (Lipinski definition) is 3. The Morgan fingerprint density at radius 3 is 2.95 bits per heavy atom. The molecule has 2 aromatic heterocycles. The van der Waals surface area contributed by atoms with Gasteiger partial charge in [-0.25, -0.2) is 13.9 Å². The number of primary amides is 1. The van der Waals surface area contributed by atoms with Gasteiger partial charge in [0.1, 0.15) is 5.82 Å². The topological polar surface area (TPSA) is 73.3 Å². The van der Waals surface area contributed by atoms with Crippen molar-refractivity contribution in [3.63, 3.8) is 0 Å². The van der Waals surface area contributed by atoms with Crippen molar-refractivity contribution in [3.8, 4) is 11.3 Å². The number of nitrogens with zero attached hydrogens (tertiary/aromatic N) is 3. The molecular formula is C14H11FN4O. The fourth-order valence-corrected chi connectivity index (χ4v) is 2.12. The van der Waals surface area contributed by atoms with Gasteiger partial charge in [-0.15, -0.1) is 0 Å². The van der Waals surface area contributed by atoms with E-state index in [1.165, 1.54) is 12.1 Å². The van der Waals surface area contributed by atoms with Crippen molar-refractivity contribution >= 4 is 11.6 Å². The number of fused-ring (bicyclic) bond motifs is 1. The lowest BCUT2D eigenvalue weighted by Crippen LogP contribution is -2.13. The molecule has 0 unspecified atom stereocenters. The second-order valence-electron chi connectivity index (χ2n) is 4.39. The largest absolute Gasteiger partial charge is 0.369 e. The molecule has 0 fully saturated rings. The smallest absolute Gasteiger partial charge is 0.222 e. The molecule has 1 aromatic carbocycles. The van der Waals surface area contributed by atoms with Crippen LogP contribution in [0.1, 0.15) is 5.56 Å². The second kappa shape index (κ2) is 4.73. The first-order valence-electron chi connectivity index (χ1n) is 6.01. The third-order valence-electron chi connectivity index (χ3n) is 2.96. The normalized spacial score (nSPS) is 10.8. The number of carbonyl (C=O) groups excluding carboxylic acids is 1. The molecule has 0 bridgehead atoms. The fraction of sp³-hybridized carbons (Fsp3) is 0.0714. The van der Waals surface area contributed by atoms with Gasteiger partial charge in [0.15, 0.2) is 5.65 Å². The number of halogens is 1. The van der Waals surface area contributed by atoms with E-state index in [-0.39, 0.29) is 12.2 Å². The Morgan fingerprint density at radius 2 is 2.20 bits per heavy atom. The molecule has 0 radical (unpaired) electrons. The van der Waals surface area contributed by atoms with Gasteiger partial charge in [-0.3, -0.25) is 4.79 Å². The average Bonchev–Trinajstić information content (AvgIpc) is 2.81. The van der Waals surface area contributed by atoms with Crippen molar-refractivity contribution in [3.05, 3.63) is 54.1 Å². The minimum Gasteiger partial charge on any atom is -0.369 e. The van der Waals surface area contributed by atoms with Gasteiger partial charge in [-0.2, -0.15) is 5.10 Å². The van der Waals surface area contributed by atoms with Crippen LogP contribution < -0.4 is 5.73 Å². The Morgan fingerprint density at radius 1 is 1.35 bits per heavy atom. The average molecular weight is 270 g/mol. The van der Waals surface area contributed by atoms with E-state index in [1.807, 2.05) is 0 Å². The maximum atomic E-state index is 13.3. The van der Waals surface area contributed by atoms with Crippen LogP contribution in [-0.4, -0.2) is 20.5 Å². The van der Waals surface area contributed by atoms with Crippen LogP contribution in [0.25, 0.3) is 16.9 Å². The molecule has 3 rings (SSSR count). The van der Waals surface area contributed by atoms with Gasteiger partial charge in [-0.1, -0.05) is 12.1 Å². The van der Waals surface area contributed by atoms with Crippen LogP contribution >= 0.6 is 0 Å². The zero-order valence-corrected chi connectivity index (χ0v) is 10.5. The fourth-order valence-electron chi connectivity index (χ4n) is 2.12. The number of nitrogens with two attached hydrogens (primary N) is 1. The first-order chi connectivity index (χ1) is 9.65. The number of aromatic nitrogens is 3. The third-order valence-corrected chi connectivity index (χ3v) is 2.96. The summed E-state index contributed by atoms with van der Waals surface area (Å²) in [5, 5.41) is 4.20. The van der Waals surface area contributed by atoms with Gasteiger partial charge in [0, 0.05) is 17.3 Å². The molecule has 2 heterocycles. The minimum atomic E-state index is -0.446. The second-order valence-corrected chi connectivity index (χ2v) is 4.39. The van der Waals surface area contributed by atoms with Gasteiger partial charge in [0.25, 0.3) is 0 Å². The van der Waals surface area contributed by atoms with Crippen LogP contribution in [0.4, 0.5) is 4.39 Å². The third kappa shape index (κ3) is 2.11. The molecule has 5 nitrogen and oxygen atoms in total. The van der Waals surface area contributed by atoms with Crippen molar-refractivity contribution in [1.82, 2.24) is 14.6 Å². The summed E-state index contributed by atoms with van der Waals surface area (Å²) in [4.78, 5) is 15.2. The van der Waals surface area contributed by atoms with E-state index in [1.54, 1.807) is 35.1 Å². The molecule has 0 saturated carbocycles. The van der Waals surface area contributed by atoms with Crippen molar-refractivity contribution < 1.29 is 9.18 Å². The number of carbonyl (C=O) groups is 1. The molecule has 100 valence electrons. The zero-order valence-electron chi connectivity index (χ0n) is 10.5. The molecule has 1 amide bonds. The van der Waals surface area contributed by atoms with Crippen molar-refractivity contribution in [1.29, 1.82) is 0 Å². The van der Waals surface area contributed by atoms with Crippen molar-refractivity contribution in [2.45, 2.75) is 6.42 Å². The van der Waals surface area contributed by atoms with Gasteiger partial charge >= 0.3 is 0 Å². The number of benzene rings is 1. The van der Waals surface area contributed by atoms with Crippen molar-refractivity contribution in [2.75, 3.05) is 0 Å². The molecule has 2 N–H and O–H groups in total. The molecule has 0 aliphatic rings. The number of rotatable bonds is 3. The summed E-state index contributed by atoms with van der Waals surface area (Å²) in [5.74, 6) is -0.769. The zero-order chi connectivity index (χ0) is 14.1. The lowest BCUT2D eigenvalue weighted by Gasteiger charge is -2.05. The quantitative estimate of drug-likeness (QED) is 0.785. The highest BCUT2D eigenvalue weighted by Crippen LogP contribution is 2.21. The molecule has 0 aliphatic carbocycles. The Labute approximate surface area is 113 Å². The summed E-state index contributed by atoms with van der Waals surface area (Å²) < 4.78 is 14.9. The summed E-state index contributed by atoms with van der Waals surface area (Å²) >= 11 is 0. The molecule has 0 atom stereocenters. The van der Waals surface area contributed by atoms with E-state index in [4.69, 9.17) is 5.73 Å². The van der Waals surface area contributed by atoms with E-state index in [9.17, 15) is 9.18 Å². The molecule has 0 saturated heterocycles. The van der Waals surface area contributed by atoms with E-state index >= 15 is 0 Å². The van der Waals surface area contributed by atoms with Crippen LogP contribution in [0.3, 0.4) is 0 Å². The van der Waals surface area contributed by atoms with Gasteiger partial charge in [0.05, 0.1) is 18.3 Å². The maximum Gasteiger partial charge on any atom is 0.222 e. The molecule has 0 spiro atoms. The Kier molecular flexibility index (Phi) is 2.90. The van der Waals surface area contributed by atoms with E-state index in [2.05, 4.69) is 10.1 Å². The predicted molar refractivity (Wildman–Crippen MR) is 71.3 cm³/mol. The van der Waals surface area contributed by atoms with Crippen LogP contribution in [0.5, 0.6) is 0 Å². The van der Waals surface area contributed by atoms with Crippen LogP contribution in [0, 0.1) is 5.82 Å². The Balaban J connectivity index is 2.18. The standard InChI is InChI=1S/C14H11FN4O/c15-11-3-1-2-9(6-11)12-4-5-17-14-10(7-13(16)20)8-18-19(12)14/h1-6,8H,7H2,(H2,16,20). The maximum absolute atomic E-state index is 13.3. The molecule has 20 heavy (non-hydrogen) atoms. The van der Waals surface area contributed by atoms with Crippen LogP contribution in [0.2, 0.25) is 0 Å². The number of amides is 1. The molecular weight excluding hydrogens is 259 g/mol.